The second-order valence-electron chi connectivity index (χ2n) is 9.49. The van der Waals surface area contributed by atoms with Crippen LogP contribution >= 0.6 is 0 Å². The molecule has 0 heterocycles. The quantitative estimate of drug-likeness (QED) is 0.174. The number of rotatable bonds is 4. The summed E-state index contributed by atoms with van der Waals surface area (Å²) in [5.41, 5.74) is 10.9. The number of nitrogens with one attached hydrogen (secondary N) is 2. The van der Waals surface area contributed by atoms with E-state index in [1.807, 2.05) is 44.2 Å². The molecule has 0 aliphatic heterocycles. The molecule has 0 unspecified atom stereocenters. The molecular weight excluding hydrogens is 442 g/mol. The van der Waals surface area contributed by atoms with E-state index < -0.39 is 0 Å². The summed E-state index contributed by atoms with van der Waals surface area (Å²) in [6.07, 6.45) is 6.70. The predicted octanol–water partition coefficient (Wildman–Crippen LogP) is 7.80. The number of anilines is 1. The third-order valence-electron chi connectivity index (χ3n) is 6.45. The lowest BCUT2D eigenvalue weighted by Crippen LogP contribution is -2.23. The molecular formula is C32H39N3O. The minimum atomic E-state index is -0.359. The van der Waals surface area contributed by atoms with Crippen molar-refractivity contribution in [1.29, 1.82) is 10.8 Å². The first-order valence-electron chi connectivity index (χ1n) is 12.3. The SMILES string of the molecule is CC.CC(C)(c1ccccc1)c1cc(N)c(O)c(C(C)(C)c2ccccc2)c1.N=C1C=CC=CC1=N. The topological polar surface area (TPSA) is 93.9 Å². The fraction of sp³-hybridized carbons (Fsp3) is 0.250. The molecule has 1 aliphatic rings. The summed E-state index contributed by atoms with van der Waals surface area (Å²) in [6.45, 7) is 12.6. The zero-order chi connectivity index (χ0) is 26.9. The number of allylic oxidation sites excluding steroid dienone is 4. The lowest BCUT2D eigenvalue weighted by atomic mass is 9.72. The van der Waals surface area contributed by atoms with Gasteiger partial charge in [-0.25, -0.2) is 0 Å². The van der Waals surface area contributed by atoms with Crippen LogP contribution in [0.15, 0.2) is 97.1 Å². The zero-order valence-corrected chi connectivity index (χ0v) is 22.3. The Morgan fingerprint density at radius 1 is 0.639 bits per heavy atom. The highest BCUT2D eigenvalue weighted by Gasteiger charge is 2.31. The van der Waals surface area contributed by atoms with Gasteiger partial charge in [-0.2, -0.15) is 0 Å². The van der Waals surface area contributed by atoms with Gasteiger partial charge in [0.1, 0.15) is 5.75 Å². The van der Waals surface area contributed by atoms with Gasteiger partial charge in [-0.05, 0) is 34.9 Å². The zero-order valence-electron chi connectivity index (χ0n) is 22.3. The molecule has 0 atom stereocenters. The monoisotopic (exact) mass is 481 g/mol. The van der Waals surface area contributed by atoms with E-state index in [1.165, 1.54) is 5.56 Å². The standard InChI is InChI=1S/C24H27NO.C6H6N2.C2H6/c1-23(2,17-11-7-5-8-12-17)19-15-20(22(26)21(25)16-19)24(3,4)18-13-9-6-10-14-18;7-5-3-1-2-4-6(5)8;1-2/h5-16,26H,25H2,1-4H3;1-4,7-8H;1-2H3. The normalized spacial score (nSPS) is 12.8. The third-order valence-corrected chi connectivity index (χ3v) is 6.45. The molecule has 0 saturated heterocycles. The maximum absolute atomic E-state index is 10.7. The molecule has 5 N–H and O–H groups in total. The van der Waals surface area contributed by atoms with Crippen LogP contribution in [0, 0.1) is 10.8 Å². The fourth-order valence-electron chi connectivity index (χ4n) is 4.01. The molecule has 4 rings (SSSR count). The molecule has 36 heavy (non-hydrogen) atoms. The molecule has 4 heteroatoms. The van der Waals surface area contributed by atoms with Crippen LogP contribution in [0.5, 0.6) is 5.75 Å². The molecule has 0 amide bonds. The van der Waals surface area contributed by atoms with E-state index in [0.29, 0.717) is 5.69 Å². The van der Waals surface area contributed by atoms with Crippen LogP contribution in [0.3, 0.4) is 0 Å². The number of hydrogen-bond acceptors (Lipinski definition) is 4. The van der Waals surface area contributed by atoms with Crippen LogP contribution in [-0.2, 0) is 10.8 Å². The minimum Gasteiger partial charge on any atom is -0.505 e. The summed E-state index contributed by atoms with van der Waals surface area (Å²) in [5, 5.41) is 24.8. The molecule has 0 aromatic heterocycles. The summed E-state index contributed by atoms with van der Waals surface area (Å²) >= 11 is 0. The summed E-state index contributed by atoms with van der Waals surface area (Å²) in [5.74, 6) is 0.173. The van der Waals surface area contributed by atoms with Gasteiger partial charge in [0.15, 0.2) is 0 Å². The molecule has 0 radical (unpaired) electrons. The van der Waals surface area contributed by atoms with Gasteiger partial charge in [-0.3, -0.25) is 10.8 Å². The first kappa shape index (κ1) is 28.3. The number of phenols is 1. The van der Waals surface area contributed by atoms with Gasteiger partial charge >= 0.3 is 0 Å². The van der Waals surface area contributed by atoms with Crippen LogP contribution in [0.1, 0.15) is 63.8 Å². The van der Waals surface area contributed by atoms with E-state index in [9.17, 15) is 5.11 Å². The molecule has 3 aromatic rings. The van der Waals surface area contributed by atoms with Crippen molar-refractivity contribution in [2.45, 2.75) is 52.4 Å². The van der Waals surface area contributed by atoms with Crippen LogP contribution in [0.4, 0.5) is 5.69 Å². The first-order valence-corrected chi connectivity index (χ1v) is 12.3. The molecule has 0 spiro atoms. The van der Waals surface area contributed by atoms with Crippen LogP contribution in [0.25, 0.3) is 0 Å². The lowest BCUT2D eigenvalue weighted by molar-refractivity contribution is 0.454. The largest absolute Gasteiger partial charge is 0.505 e. The smallest absolute Gasteiger partial charge is 0.142 e. The first-order chi connectivity index (χ1) is 17.0. The lowest BCUT2D eigenvalue weighted by Gasteiger charge is -2.32. The molecule has 3 aromatic carbocycles. The van der Waals surface area contributed by atoms with Crippen molar-refractivity contribution in [2.75, 3.05) is 5.73 Å². The maximum Gasteiger partial charge on any atom is 0.142 e. The van der Waals surface area contributed by atoms with E-state index in [2.05, 4.69) is 70.2 Å². The van der Waals surface area contributed by atoms with Gasteiger partial charge in [-0.1, -0.05) is 120 Å². The average Bonchev–Trinajstić information content (AvgIpc) is 2.89. The van der Waals surface area contributed by atoms with E-state index >= 15 is 0 Å². The molecule has 0 saturated carbocycles. The van der Waals surface area contributed by atoms with E-state index in [1.54, 1.807) is 24.3 Å². The third kappa shape index (κ3) is 6.39. The van der Waals surface area contributed by atoms with Gasteiger partial charge in [0.25, 0.3) is 0 Å². The van der Waals surface area contributed by atoms with Crippen LogP contribution < -0.4 is 5.73 Å². The number of hydrogen-bond donors (Lipinski definition) is 4. The van der Waals surface area contributed by atoms with E-state index in [0.717, 1.165) is 16.7 Å². The minimum absolute atomic E-state index is 0.173. The van der Waals surface area contributed by atoms with Crippen molar-refractivity contribution in [1.82, 2.24) is 0 Å². The average molecular weight is 482 g/mol. The summed E-state index contributed by atoms with van der Waals surface area (Å²) < 4.78 is 0. The summed E-state index contributed by atoms with van der Waals surface area (Å²) in [7, 11) is 0. The Labute approximate surface area is 216 Å². The van der Waals surface area contributed by atoms with Crippen molar-refractivity contribution >= 4 is 17.1 Å². The van der Waals surface area contributed by atoms with Crippen molar-refractivity contribution in [3.8, 4) is 5.75 Å². The Hall–Kier alpha value is -3.92. The molecule has 4 nitrogen and oxygen atoms in total. The Kier molecular flexibility index (Phi) is 9.57. The van der Waals surface area contributed by atoms with Crippen molar-refractivity contribution in [3.05, 3.63) is 119 Å². The number of aromatic hydroxyl groups is 1. The van der Waals surface area contributed by atoms with Crippen molar-refractivity contribution in [3.63, 3.8) is 0 Å². The Bertz CT molecular complexity index is 1220. The van der Waals surface area contributed by atoms with Crippen LogP contribution in [-0.4, -0.2) is 16.5 Å². The fourth-order valence-corrected chi connectivity index (χ4v) is 4.01. The van der Waals surface area contributed by atoms with Gasteiger partial charge in [0, 0.05) is 16.4 Å². The Balaban J connectivity index is 0.000000384. The summed E-state index contributed by atoms with van der Waals surface area (Å²) in [4.78, 5) is 0. The highest BCUT2D eigenvalue weighted by molar-refractivity contribution is 6.48. The molecule has 188 valence electrons. The number of benzene rings is 3. The van der Waals surface area contributed by atoms with Gasteiger partial charge in [-0.15, -0.1) is 0 Å². The van der Waals surface area contributed by atoms with Gasteiger partial charge in [0.05, 0.1) is 17.1 Å². The molecule has 0 fully saturated rings. The Morgan fingerprint density at radius 3 is 1.47 bits per heavy atom. The summed E-state index contributed by atoms with van der Waals surface area (Å²) in [6, 6.07) is 24.6. The Morgan fingerprint density at radius 2 is 1.06 bits per heavy atom. The molecule has 0 bridgehead atoms. The van der Waals surface area contributed by atoms with E-state index in [-0.39, 0.29) is 28.0 Å². The second-order valence-corrected chi connectivity index (χ2v) is 9.49. The number of nitrogens with two attached hydrogens (primary N) is 1. The van der Waals surface area contributed by atoms with Crippen molar-refractivity contribution in [2.24, 2.45) is 0 Å². The number of phenolic OH excluding ortho intramolecular Hbond substituents is 1. The molecule has 1 aliphatic carbocycles. The highest BCUT2D eigenvalue weighted by atomic mass is 16.3. The second kappa shape index (κ2) is 12.2. The van der Waals surface area contributed by atoms with Gasteiger partial charge < -0.3 is 10.8 Å². The predicted molar refractivity (Wildman–Crippen MR) is 155 cm³/mol. The maximum atomic E-state index is 10.7. The highest BCUT2D eigenvalue weighted by Crippen LogP contribution is 2.43. The van der Waals surface area contributed by atoms with Crippen molar-refractivity contribution < 1.29 is 5.11 Å². The van der Waals surface area contributed by atoms with Gasteiger partial charge in [0.2, 0.25) is 0 Å². The van der Waals surface area contributed by atoms with E-state index in [4.69, 9.17) is 16.6 Å². The number of nitrogen functional groups attached to an aromatic ring is 1. The van der Waals surface area contributed by atoms with Crippen LogP contribution in [0.2, 0.25) is 0 Å².